The molecule has 2 rings (SSSR count). The molecule has 0 amide bonds. The minimum absolute atomic E-state index is 0.0212. The molecule has 0 fully saturated rings. The Hall–Kier alpha value is -2.43. The maximum Gasteiger partial charge on any atom is 0.203 e. The summed E-state index contributed by atoms with van der Waals surface area (Å²) in [6.07, 6.45) is 1.40. The highest BCUT2D eigenvalue weighted by Gasteiger charge is 2.13. The Labute approximate surface area is 95.3 Å². The van der Waals surface area contributed by atoms with Crippen LogP contribution < -0.4 is 5.43 Å². The highest BCUT2D eigenvalue weighted by atomic mass is 16.3. The predicted molar refractivity (Wildman–Crippen MR) is 59.5 cm³/mol. The third kappa shape index (κ3) is 1.71. The van der Waals surface area contributed by atoms with Gasteiger partial charge in [-0.15, -0.1) is 0 Å². The number of carbonyl (C=O) groups is 2. The number of fused-ring (bicyclic) bond motifs is 1. The maximum absolute atomic E-state index is 11.8. The topological polar surface area (TPSA) is 84.6 Å². The number of phenolic OH excluding ortho intramolecular Hbond substituents is 1. The van der Waals surface area contributed by atoms with Gasteiger partial charge in [0.05, 0.1) is 16.5 Å². The number of aromatic hydroxyl groups is 1. The molecular formula is C12H8O5. The Balaban J connectivity index is 2.91. The van der Waals surface area contributed by atoms with Crippen molar-refractivity contribution in [3.63, 3.8) is 0 Å². The molecule has 2 aromatic rings. The molecule has 0 spiro atoms. The fraction of sp³-hybridized carbons (Fsp3) is 0.0833. The molecular weight excluding hydrogens is 224 g/mol. The van der Waals surface area contributed by atoms with E-state index >= 15 is 0 Å². The Morgan fingerprint density at radius 3 is 2.71 bits per heavy atom. The summed E-state index contributed by atoms with van der Waals surface area (Å²) in [5, 5.41) is 9.64. The second-order valence-corrected chi connectivity index (χ2v) is 3.56. The van der Waals surface area contributed by atoms with Gasteiger partial charge in [0.15, 0.2) is 12.1 Å². The van der Waals surface area contributed by atoms with Gasteiger partial charge in [-0.25, -0.2) is 0 Å². The number of benzene rings is 1. The SMILES string of the molecule is CC(=O)c1cc2c(=O)c(C=O)coc2cc1O. The van der Waals surface area contributed by atoms with E-state index in [1.807, 2.05) is 0 Å². The molecule has 0 saturated heterocycles. The second kappa shape index (κ2) is 3.86. The summed E-state index contributed by atoms with van der Waals surface area (Å²) in [5.41, 5.74) is -0.502. The van der Waals surface area contributed by atoms with Crippen LogP contribution in [-0.2, 0) is 0 Å². The van der Waals surface area contributed by atoms with Gasteiger partial charge in [0, 0.05) is 6.07 Å². The van der Waals surface area contributed by atoms with E-state index in [1.54, 1.807) is 0 Å². The fourth-order valence-corrected chi connectivity index (χ4v) is 1.54. The first-order valence-corrected chi connectivity index (χ1v) is 4.79. The zero-order valence-corrected chi connectivity index (χ0v) is 8.89. The minimum Gasteiger partial charge on any atom is -0.507 e. The van der Waals surface area contributed by atoms with Crippen molar-refractivity contribution in [2.45, 2.75) is 6.92 Å². The van der Waals surface area contributed by atoms with Gasteiger partial charge in [-0.1, -0.05) is 0 Å². The third-order valence-corrected chi connectivity index (χ3v) is 2.42. The lowest BCUT2D eigenvalue weighted by molar-refractivity contribution is 0.101. The Morgan fingerprint density at radius 2 is 2.12 bits per heavy atom. The lowest BCUT2D eigenvalue weighted by Crippen LogP contribution is -2.08. The van der Waals surface area contributed by atoms with Gasteiger partial charge in [0.25, 0.3) is 0 Å². The van der Waals surface area contributed by atoms with Crippen molar-refractivity contribution < 1.29 is 19.1 Å². The van der Waals surface area contributed by atoms with Crippen LogP contribution >= 0.6 is 0 Å². The molecule has 5 nitrogen and oxygen atoms in total. The largest absolute Gasteiger partial charge is 0.507 e. The average Bonchev–Trinajstić information content (AvgIpc) is 2.28. The van der Waals surface area contributed by atoms with Crippen molar-refractivity contribution in [3.8, 4) is 5.75 Å². The standard InChI is InChI=1S/C12H8O5/c1-6(14)8-2-9-11(3-10(8)15)17-5-7(4-13)12(9)16/h2-5,15H,1H3. The first kappa shape index (κ1) is 11.1. The van der Waals surface area contributed by atoms with E-state index in [1.165, 1.54) is 19.1 Å². The van der Waals surface area contributed by atoms with E-state index in [-0.39, 0.29) is 33.6 Å². The van der Waals surface area contributed by atoms with E-state index in [4.69, 9.17) is 4.42 Å². The van der Waals surface area contributed by atoms with E-state index in [0.717, 1.165) is 6.26 Å². The minimum atomic E-state index is -0.524. The van der Waals surface area contributed by atoms with Crippen LogP contribution in [0.2, 0.25) is 0 Å². The van der Waals surface area contributed by atoms with Crippen LogP contribution in [0.3, 0.4) is 0 Å². The van der Waals surface area contributed by atoms with Gasteiger partial charge >= 0.3 is 0 Å². The first-order valence-electron chi connectivity index (χ1n) is 4.79. The van der Waals surface area contributed by atoms with Crippen LogP contribution in [0.5, 0.6) is 5.75 Å². The van der Waals surface area contributed by atoms with E-state index in [9.17, 15) is 19.5 Å². The summed E-state index contributed by atoms with van der Waals surface area (Å²) in [6, 6.07) is 2.41. The molecule has 1 aromatic heterocycles. The van der Waals surface area contributed by atoms with Crippen molar-refractivity contribution >= 4 is 23.0 Å². The van der Waals surface area contributed by atoms with Crippen molar-refractivity contribution in [2.75, 3.05) is 0 Å². The number of aldehydes is 1. The lowest BCUT2D eigenvalue weighted by Gasteiger charge is -2.03. The smallest absolute Gasteiger partial charge is 0.203 e. The molecule has 0 bridgehead atoms. The molecule has 0 saturated carbocycles. The molecule has 86 valence electrons. The number of rotatable bonds is 2. The van der Waals surface area contributed by atoms with Crippen LogP contribution in [-0.4, -0.2) is 17.2 Å². The zero-order valence-electron chi connectivity index (χ0n) is 8.89. The van der Waals surface area contributed by atoms with Gasteiger partial charge in [-0.05, 0) is 13.0 Å². The maximum atomic E-state index is 11.8. The summed E-state index contributed by atoms with van der Waals surface area (Å²) in [6.45, 7) is 1.27. The summed E-state index contributed by atoms with van der Waals surface area (Å²) >= 11 is 0. The van der Waals surface area contributed by atoms with Crippen molar-refractivity contribution in [1.29, 1.82) is 0 Å². The Bertz CT molecular complexity index is 681. The molecule has 0 aliphatic rings. The average molecular weight is 232 g/mol. The number of ketones is 1. The molecule has 1 N–H and O–H groups in total. The van der Waals surface area contributed by atoms with E-state index < -0.39 is 5.43 Å². The molecule has 5 heteroatoms. The number of phenols is 1. The lowest BCUT2D eigenvalue weighted by atomic mass is 10.1. The summed E-state index contributed by atoms with van der Waals surface area (Å²) in [7, 11) is 0. The molecule has 1 aromatic carbocycles. The zero-order chi connectivity index (χ0) is 12.6. The monoisotopic (exact) mass is 232 g/mol. The Morgan fingerprint density at radius 1 is 1.41 bits per heavy atom. The van der Waals surface area contributed by atoms with Gasteiger partial charge in [0.1, 0.15) is 17.6 Å². The van der Waals surface area contributed by atoms with Crippen LogP contribution in [0.25, 0.3) is 11.0 Å². The highest BCUT2D eigenvalue weighted by Crippen LogP contribution is 2.23. The molecule has 0 aliphatic carbocycles. The predicted octanol–water partition coefficient (Wildman–Crippen LogP) is 1.51. The summed E-state index contributed by atoms with van der Waals surface area (Å²) < 4.78 is 5.03. The van der Waals surface area contributed by atoms with E-state index in [0.29, 0.717) is 6.29 Å². The normalized spacial score (nSPS) is 10.4. The Kier molecular flexibility index (Phi) is 2.51. The van der Waals surface area contributed by atoms with Gasteiger partial charge in [-0.3, -0.25) is 14.4 Å². The van der Waals surface area contributed by atoms with Crippen molar-refractivity contribution in [3.05, 3.63) is 39.7 Å². The fourth-order valence-electron chi connectivity index (χ4n) is 1.54. The van der Waals surface area contributed by atoms with Crippen LogP contribution in [0.1, 0.15) is 27.6 Å². The van der Waals surface area contributed by atoms with Crippen molar-refractivity contribution in [1.82, 2.24) is 0 Å². The third-order valence-electron chi connectivity index (χ3n) is 2.42. The summed E-state index contributed by atoms with van der Waals surface area (Å²) in [5.74, 6) is -0.632. The molecule has 0 radical (unpaired) electrons. The molecule has 0 aliphatic heterocycles. The number of hydrogen-bond donors (Lipinski definition) is 1. The van der Waals surface area contributed by atoms with Crippen LogP contribution in [0.15, 0.2) is 27.6 Å². The van der Waals surface area contributed by atoms with Gasteiger partial charge in [0.2, 0.25) is 5.43 Å². The quantitative estimate of drug-likeness (QED) is 0.626. The number of carbonyl (C=O) groups excluding carboxylic acids is 2. The van der Waals surface area contributed by atoms with E-state index in [2.05, 4.69) is 0 Å². The van der Waals surface area contributed by atoms with Crippen LogP contribution in [0.4, 0.5) is 0 Å². The first-order chi connectivity index (χ1) is 8.04. The highest BCUT2D eigenvalue weighted by molar-refractivity contribution is 6.00. The number of Topliss-reactive ketones (excluding diaryl/α,β-unsaturated/α-hetero) is 1. The van der Waals surface area contributed by atoms with Crippen LogP contribution in [0, 0.1) is 0 Å². The summed E-state index contributed by atoms with van der Waals surface area (Å²) in [4.78, 5) is 33.6. The second-order valence-electron chi connectivity index (χ2n) is 3.56. The van der Waals surface area contributed by atoms with Gasteiger partial charge < -0.3 is 9.52 Å². The molecule has 17 heavy (non-hydrogen) atoms. The number of hydrogen-bond acceptors (Lipinski definition) is 5. The van der Waals surface area contributed by atoms with Crippen molar-refractivity contribution in [2.24, 2.45) is 0 Å². The molecule has 1 heterocycles. The molecule has 0 unspecified atom stereocenters. The van der Waals surface area contributed by atoms with Gasteiger partial charge in [-0.2, -0.15) is 0 Å². The molecule has 0 atom stereocenters.